The topological polar surface area (TPSA) is 84.9 Å². The van der Waals surface area contributed by atoms with Crippen LogP contribution in [0.15, 0.2) is 72.8 Å². The molecule has 2 amide bonds. The average Bonchev–Trinajstić information content (AvgIpc) is 2.88. The minimum Gasteiger partial charge on any atom is -0.485 e. The summed E-state index contributed by atoms with van der Waals surface area (Å²) in [5, 5.41) is 2.97. The van der Waals surface area contributed by atoms with Crippen molar-refractivity contribution >= 4 is 23.3 Å². The Balaban J connectivity index is 1.36. The van der Waals surface area contributed by atoms with Crippen LogP contribution in [-0.2, 0) is 9.59 Å². The van der Waals surface area contributed by atoms with E-state index in [0.717, 1.165) is 5.56 Å². The molecule has 1 atom stereocenters. The van der Waals surface area contributed by atoms with Crippen LogP contribution in [0, 0.1) is 5.82 Å². The summed E-state index contributed by atoms with van der Waals surface area (Å²) in [4.78, 5) is 39.2. The number of rotatable bonds is 10. The van der Waals surface area contributed by atoms with Crippen molar-refractivity contribution in [3.8, 4) is 11.5 Å². The number of amides is 2. The highest BCUT2D eigenvalue weighted by Gasteiger charge is 2.26. The maximum absolute atomic E-state index is 13.3. The zero-order valence-electron chi connectivity index (χ0n) is 19.9. The van der Waals surface area contributed by atoms with E-state index in [-0.39, 0.29) is 49.0 Å². The van der Waals surface area contributed by atoms with E-state index in [0.29, 0.717) is 30.0 Å². The highest BCUT2D eigenvalue weighted by atomic mass is 19.1. The van der Waals surface area contributed by atoms with E-state index in [1.54, 1.807) is 24.3 Å². The number of fused-ring (bicyclic) bond motifs is 1. The van der Waals surface area contributed by atoms with Gasteiger partial charge in [0.05, 0.1) is 11.7 Å². The molecule has 1 aliphatic rings. The van der Waals surface area contributed by atoms with E-state index in [9.17, 15) is 18.8 Å². The van der Waals surface area contributed by atoms with Crippen LogP contribution < -0.4 is 19.7 Å². The summed E-state index contributed by atoms with van der Waals surface area (Å²) in [6.07, 6.45) is 0.691. The highest BCUT2D eigenvalue weighted by Crippen LogP contribution is 2.33. The summed E-state index contributed by atoms with van der Waals surface area (Å²) in [6.45, 7) is 1.84. The summed E-state index contributed by atoms with van der Waals surface area (Å²) in [5.41, 5.74) is 1.82. The van der Waals surface area contributed by atoms with Crippen LogP contribution >= 0.6 is 0 Å². The Bertz CT molecular complexity index is 1250. The second kappa shape index (κ2) is 11.5. The molecule has 36 heavy (non-hydrogen) atoms. The van der Waals surface area contributed by atoms with E-state index in [1.165, 1.54) is 23.1 Å². The summed E-state index contributed by atoms with van der Waals surface area (Å²) >= 11 is 0. The molecular weight excluding hydrogens is 463 g/mol. The van der Waals surface area contributed by atoms with E-state index in [1.807, 2.05) is 37.3 Å². The van der Waals surface area contributed by atoms with Gasteiger partial charge >= 0.3 is 0 Å². The number of carbonyl (C=O) groups is 3. The molecule has 1 unspecified atom stereocenters. The van der Waals surface area contributed by atoms with Gasteiger partial charge in [0.15, 0.2) is 19.0 Å². The smallest absolute Gasteiger partial charge is 0.265 e. The Morgan fingerprint density at radius 3 is 2.67 bits per heavy atom. The number of hydrogen-bond acceptors (Lipinski definition) is 5. The lowest BCUT2D eigenvalue weighted by Crippen LogP contribution is -2.40. The lowest BCUT2D eigenvalue weighted by atomic mass is 10.1. The first-order chi connectivity index (χ1) is 17.4. The molecule has 8 heteroatoms. The van der Waals surface area contributed by atoms with E-state index < -0.39 is 5.82 Å². The van der Waals surface area contributed by atoms with E-state index >= 15 is 0 Å². The normalized spacial score (nSPS) is 13.4. The predicted octanol–water partition coefficient (Wildman–Crippen LogP) is 4.47. The molecule has 0 saturated heterocycles. The van der Waals surface area contributed by atoms with Crippen LogP contribution in [0.2, 0.25) is 0 Å². The van der Waals surface area contributed by atoms with Crippen molar-refractivity contribution in [2.24, 2.45) is 0 Å². The number of nitrogens with zero attached hydrogens (tertiary/aromatic N) is 1. The van der Waals surface area contributed by atoms with Gasteiger partial charge in [-0.15, -0.1) is 0 Å². The van der Waals surface area contributed by atoms with Crippen LogP contribution in [0.5, 0.6) is 11.5 Å². The quantitative estimate of drug-likeness (QED) is 0.424. The van der Waals surface area contributed by atoms with Gasteiger partial charge in [0.1, 0.15) is 17.3 Å². The predicted molar refractivity (Wildman–Crippen MR) is 133 cm³/mol. The number of carbonyl (C=O) groups excluding carboxylic acids is 3. The minimum atomic E-state index is -0.455. The van der Waals surface area contributed by atoms with E-state index in [4.69, 9.17) is 9.47 Å². The molecule has 0 saturated carbocycles. The standard InChI is InChI=1S/C28H27FN2O5/c1-19(20-7-3-2-4-8-20)30-27(33)11-6-14-31-24-15-21(12-13-26(24)36-18-28(31)34)25(32)17-35-23-10-5-9-22(29)16-23/h2-5,7-10,12-13,15-16,19H,6,11,14,17-18H2,1H3,(H,30,33). The zero-order chi connectivity index (χ0) is 25.5. The molecule has 0 radical (unpaired) electrons. The first-order valence-corrected chi connectivity index (χ1v) is 11.7. The Morgan fingerprint density at radius 2 is 1.89 bits per heavy atom. The van der Waals surface area contributed by atoms with Gasteiger partial charge in [0, 0.05) is 24.6 Å². The summed E-state index contributed by atoms with van der Waals surface area (Å²) in [7, 11) is 0. The molecule has 7 nitrogen and oxygen atoms in total. The van der Waals surface area contributed by atoms with Gasteiger partial charge in [-0.3, -0.25) is 14.4 Å². The molecule has 0 aliphatic carbocycles. The van der Waals surface area contributed by atoms with Gasteiger partial charge in [0.2, 0.25) is 5.91 Å². The van der Waals surface area contributed by atoms with Gasteiger partial charge in [-0.2, -0.15) is 0 Å². The molecule has 0 fully saturated rings. The second-order valence-corrected chi connectivity index (χ2v) is 8.49. The molecule has 0 bridgehead atoms. The summed E-state index contributed by atoms with van der Waals surface area (Å²) in [6, 6.07) is 19.9. The van der Waals surface area contributed by atoms with Crippen LogP contribution in [-0.4, -0.2) is 37.4 Å². The number of ketones is 1. The van der Waals surface area contributed by atoms with Crippen molar-refractivity contribution in [2.75, 3.05) is 24.7 Å². The summed E-state index contributed by atoms with van der Waals surface area (Å²) in [5.74, 6) is -0.398. The molecule has 0 aromatic heterocycles. The second-order valence-electron chi connectivity index (χ2n) is 8.49. The average molecular weight is 491 g/mol. The maximum atomic E-state index is 13.3. The van der Waals surface area contributed by atoms with E-state index in [2.05, 4.69) is 5.32 Å². The number of Topliss-reactive ketones (excluding diaryl/α,β-unsaturated/α-hetero) is 1. The van der Waals surface area contributed by atoms with Crippen molar-refractivity contribution in [2.45, 2.75) is 25.8 Å². The SMILES string of the molecule is CC(NC(=O)CCCN1C(=O)COc2ccc(C(=O)COc3cccc(F)c3)cc21)c1ccccc1. The third kappa shape index (κ3) is 6.27. The molecule has 3 aromatic rings. The molecule has 4 rings (SSSR count). The van der Waals surface area contributed by atoms with Gasteiger partial charge in [-0.05, 0) is 49.2 Å². The Kier molecular flexibility index (Phi) is 7.95. The van der Waals surface area contributed by atoms with Crippen LogP contribution in [0.1, 0.15) is 41.7 Å². The van der Waals surface area contributed by atoms with Gasteiger partial charge < -0.3 is 19.7 Å². The Hall–Kier alpha value is -4.20. The molecule has 0 spiro atoms. The largest absolute Gasteiger partial charge is 0.485 e. The Morgan fingerprint density at radius 1 is 1.08 bits per heavy atom. The number of benzene rings is 3. The fourth-order valence-electron chi connectivity index (χ4n) is 3.95. The third-order valence-corrected chi connectivity index (χ3v) is 5.85. The number of hydrogen-bond donors (Lipinski definition) is 1. The molecule has 186 valence electrons. The molecular formula is C28H27FN2O5. The number of ether oxygens (including phenoxy) is 2. The molecule has 3 aromatic carbocycles. The Labute approximate surface area is 208 Å². The lowest BCUT2D eigenvalue weighted by Gasteiger charge is -2.29. The highest BCUT2D eigenvalue weighted by molar-refractivity contribution is 6.02. The monoisotopic (exact) mass is 490 g/mol. The lowest BCUT2D eigenvalue weighted by molar-refractivity contribution is -0.123. The molecule has 1 N–H and O–H groups in total. The summed E-state index contributed by atoms with van der Waals surface area (Å²) < 4.78 is 24.3. The van der Waals surface area contributed by atoms with Crippen molar-refractivity contribution in [3.63, 3.8) is 0 Å². The molecule has 1 aliphatic heterocycles. The van der Waals surface area contributed by atoms with Crippen molar-refractivity contribution < 1.29 is 28.2 Å². The fraction of sp³-hybridized carbons (Fsp3) is 0.250. The van der Waals surface area contributed by atoms with Gasteiger partial charge in [0.25, 0.3) is 5.91 Å². The first kappa shape index (κ1) is 24.9. The number of nitrogens with one attached hydrogen (secondary N) is 1. The fourth-order valence-corrected chi connectivity index (χ4v) is 3.95. The van der Waals surface area contributed by atoms with Crippen LogP contribution in [0.3, 0.4) is 0 Å². The van der Waals surface area contributed by atoms with Crippen LogP contribution in [0.25, 0.3) is 0 Å². The third-order valence-electron chi connectivity index (χ3n) is 5.85. The van der Waals surface area contributed by atoms with Crippen molar-refractivity contribution in [1.29, 1.82) is 0 Å². The zero-order valence-corrected chi connectivity index (χ0v) is 19.9. The molecule has 1 heterocycles. The number of anilines is 1. The first-order valence-electron chi connectivity index (χ1n) is 11.7. The van der Waals surface area contributed by atoms with Crippen molar-refractivity contribution in [1.82, 2.24) is 5.32 Å². The minimum absolute atomic E-state index is 0.106. The van der Waals surface area contributed by atoms with Gasteiger partial charge in [-0.25, -0.2) is 4.39 Å². The van der Waals surface area contributed by atoms with Gasteiger partial charge in [-0.1, -0.05) is 36.4 Å². The van der Waals surface area contributed by atoms with Crippen molar-refractivity contribution in [3.05, 3.63) is 89.7 Å². The maximum Gasteiger partial charge on any atom is 0.265 e. The number of halogens is 1. The van der Waals surface area contributed by atoms with Crippen LogP contribution in [0.4, 0.5) is 10.1 Å².